The molecular formula is C12H11FN4O3. The van der Waals surface area contributed by atoms with E-state index in [1.807, 2.05) is 0 Å². The van der Waals surface area contributed by atoms with Crippen molar-refractivity contribution >= 4 is 11.9 Å². The largest absolute Gasteiger partial charge is 0.463 e. The van der Waals surface area contributed by atoms with Gasteiger partial charge < -0.3 is 10.5 Å². The Morgan fingerprint density at radius 3 is 2.80 bits per heavy atom. The van der Waals surface area contributed by atoms with Crippen LogP contribution >= 0.6 is 0 Å². The number of primary amides is 1. The fourth-order valence-corrected chi connectivity index (χ4v) is 1.56. The lowest BCUT2D eigenvalue weighted by atomic mass is 10.1. The molecule has 104 valence electrons. The summed E-state index contributed by atoms with van der Waals surface area (Å²) in [6.45, 7) is 0.0644. The van der Waals surface area contributed by atoms with Crippen LogP contribution in [-0.2, 0) is 11.3 Å². The highest BCUT2D eigenvalue weighted by Crippen LogP contribution is 2.11. The third-order valence-corrected chi connectivity index (χ3v) is 2.57. The molecule has 0 saturated heterocycles. The molecule has 2 aromatic rings. The van der Waals surface area contributed by atoms with Gasteiger partial charge in [-0.2, -0.15) is 0 Å². The number of hydrogen-bond donors (Lipinski definition) is 1. The van der Waals surface area contributed by atoms with Crippen molar-refractivity contribution in [3.63, 3.8) is 0 Å². The first kappa shape index (κ1) is 13.7. The molecule has 8 heteroatoms. The first-order valence-corrected chi connectivity index (χ1v) is 5.57. The lowest BCUT2D eigenvalue weighted by Gasteiger charge is -2.04. The fourth-order valence-electron chi connectivity index (χ4n) is 1.56. The summed E-state index contributed by atoms with van der Waals surface area (Å²) < 4.78 is 19.5. The van der Waals surface area contributed by atoms with Crippen molar-refractivity contribution in [2.45, 2.75) is 6.54 Å². The van der Waals surface area contributed by atoms with Gasteiger partial charge in [0, 0.05) is 11.1 Å². The molecule has 0 aliphatic heterocycles. The van der Waals surface area contributed by atoms with Crippen LogP contribution in [0.1, 0.15) is 26.5 Å². The van der Waals surface area contributed by atoms with E-state index in [1.165, 1.54) is 30.3 Å². The Hall–Kier alpha value is -2.77. The minimum atomic E-state index is -0.704. The average molecular weight is 278 g/mol. The van der Waals surface area contributed by atoms with Crippen LogP contribution in [0.4, 0.5) is 4.39 Å². The van der Waals surface area contributed by atoms with E-state index in [1.54, 1.807) is 0 Å². The third kappa shape index (κ3) is 2.79. The fraction of sp³-hybridized carbons (Fsp3) is 0.167. The van der Waals surface area contributed by atoms with E-state index < -0.39 is 17.7 Å². The summed E-state index contributed by atoms with van der Waals surface area (Å²) in [4.78, 5) is 25.8. The highest BCUT2D eigenvalue weighted by Gasteiger charge is 2.13. The number of amides is 1. The van der Waals surface area contributed by atoms with Crippen LogP contribution in [0.3, 0.4) is 0 Å². The minimum Gasteiger partial charge on any atom is -0.463 e. The van der Waals surface area contributed by atoms with Gasteiger partial charge in [-0.15, -0.1) is 5.10 Å². The number of nitrogens with two attached hydrogens (primary N) is 1. The van der Waals surface area contributed by atoms with Crippen molar-refractivity contribution in [1.29, 1.82) is 0 Å². The number of aromatic nitrogens is 3. The molecule has 7 nitrogen and oxygen atoms in total. The lowest BCUT2D eigenvalue weighted by molar-refractivity contribution is 0.0586. The first-order valence-electron chi connectivity index (χ1n) is 5.57. The predicted octanol–water partition coefficient (Wildman–Crippen LogP) is 0.351. The van der Waals surface area contributed by atoms with Gasteiger partial charge in [-0.05, 0) is 12.1 Å². The summed E-state index contributed by atoms with van der Waals surface area (Å²) in [7, 11) is 1.21. The number of carbonyl (C=O) groups excluding carboxylic acids is 2. The van der Waals surface area contributed by atoms with Crippen LogP contribution < -0.4 is 5.73 Å². The molecule has 0 aliphatic rings. The number of ether oxygens (including phenoxy) is 1. The quantitative estimate of drug-likeness (QED) is 0.813. The second-order valence-electron chi connectivity index (χ2n) is 3.93. The maximum absolute atomic E-state index is 13.8. The zero-order chi connectivity index (χ0) is 14.7. The minimum absolute atomic E-state index is 0.0644. The van der Waals surface area contributed by atoms with Crippen molar-refractivity contribution in [3.05, 3.63) is 47.3 Å². The first-order chi connectivity index (χ1) is 9.51. The summed E-state index contributed by atoms with van der Waals surface area (Å²) in [5, 5.41) is 3.85. The smallest absolute Gasteiger partial charge is 0.377 e. The van der Waals surface area contributed by atoms with Gasteiger partial charge >= 0.3 is 5.97 Å². The molecule has 0 saturated carbocycles. The number of benzene rings is 1. The van der Waals surface area contributed by atoms with Gasteiger partial charge in [0.25, 0.3) is 5.82 Å². The van der Waals surface area contributed by atoms with Gasteiger partial charge in [-0.25, -0.2) is 18.9 Å². The van der Waals surface area contributed by atoms with Gasteiger partial charge in [-0.3, -0.25) is 4.79 Å². The average Bonchev–Trinajstić information content (AvgIpc) is 2.88. The zero-order valence-corrected chi connectivity index (χ0v) is 10.5. The van der Waals surface area contributed by atoms with Crippen LogP contribution in [0.15, 0.2) is 24.5 Å². The molecule has 20 heavy (non-hydrogen) atoms. The van der Waals surface area contributed by atoms with Crippen molar-refractivity contribution in [3.8, 4) is 0 Å². The molecule has 1 amide bonds. The summed E-state index contributed by atoms with van der Waals surface area (Å²) in [6.07, 6.45) is 1.29. The number of rotatable bonds is 4. The van der Waals surface area contributed by atoms with E-state index in [0.717, 1.165) is 6.07 Å². The molecule has 0 spiro atoms. The van der Waals surface area contributed by atoms with E-state index in [9.17, 15) is 14.0 Å². The van der Waals surface area contributed by atoms with E-state index in [0.29, 0.717) is 0 Å². The summed E-state index contributed by atoms with van der Waals surface area (Å²) in [5.74, 6) is -2.07. The molecule has 1 aromatic carbocycles. The van der Waals surface area contributed by atoms with E-state index in [2.05, 4.69) is 14.8 Å². The van der Waals surface area contributed by atoms with Crippen LogP contribution in [0, 0.1) is 5.82 Å². The third-order valence-electron chi connectivity index (χ3n) is 2.57. The number of halogens is 1. The Labute approximate surface area is 113 Å². The van der Waals surface area contributed by atoms with Crippen molar-refractivity contribution in [1.82, 2.24) is 14.8 Å². The molecule has 0 fully saturated rings. The van der Waals surface area contributed by atoms with Gasteiger partial charge in [0.15, 0.2) is 0 Å². The Kier molecular flexibility index (Phi) is 3.74. The van der Waals surface area contributed by atoms with E-state index in [4.69, 9.17) is 5.73 Å². The summed E-state index contributed by atoms with van der Waals surface area (Å²) in [6, 6.07) is 3.89. The summed E-state index contributed by atoms with van der Waals surface area (Å²) in [5.41, 5.74) is 5.42. The van der Waals surface area contributed by atoms with Gasteiger partial charge in [0.1, 0.15) is 12.1 Å². The second-order valence-corrected chi connectivity index (χ2v) is 3.93. The molecule has 2 rings (SSSR count). The Morgan fingerprint density at radius 1 is 1.45 bits per heavy atom. The molecule has 0 atom stereocenters. The topological polar surface area (TPSA) is 100 Å². The van der Waals surface area contributed by atoms with Gasteiger partial charge in [-0.1, -0.05) is 6.07 Å². The normalized spacial score (nSPS) is 10.3. The van der Waals surface area contributed by atoms with Crippen LogP contribution in [0.5, 0.6) is 0 Å². The molecule has 0 unspecified atom stereocenters. The molecule has 0 radical (unpaired) electrons. The predicted molar refractivity (Wildman–Crippen MR) is 65.4 cm³/mol. The number of carbonyl (C=O) groups is 2. The highest BCUT2D eigenvalue weighted by atomic mass is 19.1. The summed E-state index contributed by atoms with van der Waals surface area (Å²) >= 11 is 0. The highest BCUT2D eigenvalue weighted by molar-refractivity contribution is 5.92. The van der Waals surface area contributed by atoms with Crippen LogP contribution in [-0.4, -0.2) is 33.8 Å². The van der Waals surface area contributed by atoms with Crippen molar-refractivity contribution in [2.24, 2.45) is 5.73 Å². The van der Waals surface area contributed by atoms with Gasteiger partial charge in [0.2, 0.25) is 5.91 Å². The molecule has 0 aliphatic carbocycles. The van der Waals surface area contributed by atoms with Crippen molar-refractivity contribution < 1.29 is 18.7 Å². The van der Waals surface area contributed by atoms with Gasteiger partial charge in [0.05, 0.1) is 13.7 Å². The molecule has 1 heterocycles. The number of methoxy groups -OCH3 is 1. The molecule has 0 bridgehead atoms. The standard InChI is InChI=1S/C12H11FN4O3/c1-20-12(19)11-15-6-17(16-11)5-8-3-2-7(10(14)18)4-9(8)13/h2-4,6H,5H2,1H3,(H2,14,18). The maximum Gasteiger partial charge on any atom is 0.377 e. The molecular weight excluding hydrogens is 267 g/mol. The maximum atomic E-state index is 13.8. The van der Waals surface area contributed by atoms with E-state index in [-0.39, 0.29) is 23.5 Å². The molecule has 2 N–H and O–H groups in total. The Morgan fingerprint density at radius 2 is 2.20 bits per heavy atom. The Bertz CT molecular complexity index is 668. The zero-order valence-electron chi connectivity index (χ0n) is 10.5. The number of nitrogens with zero attached hydrogens (tertiary/aromatic N) is 3. The Balaban J connectivity index is 2.20. The van der Waals surface area contributed by atoms with Crippen LogP contribution in [0.25, 0.3) is 0 Å². The number of esters is 1. The van der Waals surface area contributed by atoms with E-state index >= 15 is 0 Å². The molecule has 1 aromatic heterocycles. The van der Waals surface area contributed by atoms with Crippen molar-refractivity contribution in [2.75, 3.05) is 7.11 Å². The SMILES string of the molecule is COC(=O)c1ncn(Cc2ccc(C(N)=O)cc2F)n1. The number of hydrogen-bond acceptors (Lipinski definition) is 5. The van der Waals surface area contributed by atoms with Crippen LogP contribution in [0.2, 0.25) is 0 Å². The second kappa shape index (κ2) is 5.47. The monoisotopic (exact) mass is 278 g/mol. The lowest BCUT2D eigenvalue weighted by Crippen LogP contribution is -2.12.